The molecule has 0 radical (unpaired) electrons. The van der Waals surface area contributed by atoms with E-state index in [4.69, 9.17) is 10.1 Å². The number of nitrogens with zero attached hydrogens (tertiary/aromatic N) is 5. The third-order valence-corrected chi connectivity index (χ3v) is 6.67. The summed E-state index contributed by atoms with van der Waals surface area (Å²) in [5.74, 6) is 1.97. The van der Waals surface area contributed by atoms with Crippen molar-refractivity contribution in [3.05, 3.63) is 71.3 Å². The Bertz CT molecular complexity index is 1410. The van der Waals surface area contributed by atoms with E-state index >= 15 is 0 Å². The van der Waals surface area contributed by atoms with Crippen LogP contribution in [0.2, 0.25) is 0 Å². The second-order valence-corrected chi connectivity index (χ2v) is 9.18. The summed E-state index contributed by atoms with van der Waals surface area (Å²) in [7, 11) is 0. The topological polar surface area (TPSA) is 89.7 Å². The Morgan fingerprint density at radius 2 is 2.03 bits per heavy atom. The standard InChI is InChI=1S/C26H27N7O/c1-4-33-26(29-19-8-9-20-21(12-19)16(3)28-25(20)34)30-24(31-33)18-7-10-23(15(2)11-18)32-13-22(27-14-32)17-5-6-17/h7-14,16-17H,4-6H2,1-3H3,(H,28,34)(H,29,30,31). The molecule has 8 nitrogen and oxygen atoms in total. The first kappa shape index (κ1) is 20.7. The van der Waals surface area contributed by atoms with Gasteiger partial charge in [-0.15, -0.1) is 5.10 Å². The van der Waals surface area contributed by atoms with E-state index in [-0.39, 0.29) is 11.9 Å². The molecular formula is C26H27N7O. The zero-order valence-corrected chi connectivity index (χ0v) is 19.5. The summed E-state index contributed by atoms with van der Waals surface area (Å²) < 4.78 is 3.96. The molecule has 2 aromatic heterocycles. The van der Waals surface area contributed by atoms with Crippen LogP contribution in [0.15, 0.2) is 48.9 Å². The van der Waals surface area contributed by atoms with Crippen molar-refractivity contribution in [2.45, 2.75) is 52.1 Å². The molecule has 34 heavy (non-hydrogen) atoms. The predicted octanol–water partition coefficient (Wildman–Crippen LogP) is 4.88. The molecular weight excluding hydrogens is 426 g/mol. The van der Waals surface area contributed by atoms with Gasteiger partial charge in [0.15, 0.2) is 5.82 Å². The minimum Gasteiger partial charge on any atom is -0.345 e. The van der Waals surface area contributed by atoms with E-state index < -0.39 is 0 Å². The first-order valence-corrected chi connectivity index (χ1v) is 11.8. The van der Waals surface area contributed by atoms with Crippen LogP contribution < -0.4 is 10.6 Å². The molecule has 3 heterocycles. The Balaban J connectivity index is 1.28. The van der Waals surface area contributed by atoms with E-state index in [0.29, 0.717) is 24.2 Å². The number of hydrogen-bond donors (Lipinski definition) is 2. The highest BCUT2D eigenvalue weighted by molar-refractivity contribution is 5.99. The van der Waals surface area contributed by atoms with Gasteiger partial charge < -0.3 is 15.2 Å². The maximum Gasteiger partial charge on any atom is 0.252 e. The number of amides is 1. The van der Waals surface area contributed by atoms with Crippen molar-refractivity contribution in [2.75, 3.05) is 5.32 Å². The van der Waals surface area contributed by atoms with Crippen molar-refractivity contribution in [3.8, 4) is 17.1 Å². The largest absolute Gasteiger partial charge is 0.345 e. The number of carbonyl (C=O) groups excluding carboxylic acids is 1. The molecule has 172 valence electrons. The van der Waals surface area contributed by atoms with Crippen LogP contribution in [0.3, 0.4) is 0 Å². The quantitative estimate of drug-likeness (QED) is 0.434. The summed E-state index contributed by atoms with van der Waals surface area (Å²) in [6.45, 7) is 6.82. The number of aryl methyl sites for hydroxylation is 2. The molecule has 0 spiro atoms. The summed E-state index contributed by atoms with van der Waals surface area (Å²) in [5.41, 5.74) is 7.02. The van der Waals surface area contributed by atoms with Gasteiger partial charge in [-0.1, -0.05) is 0 Å². The van der Waals surface area contributed by atoms with Gasteiger partial charge in [0.1, 0.15) is 0 Å². The lowest BCUT2D eigenvalue weighted by molar-refractivity contribution is 0.0958. The molecule has 1 atom stereocenters. The van der Waals surface area contributed by atoms with Gasteiger partial charge in [0.05, 0.1) is 18.1 Å². The number of fused-ring (bicyclic) bond motifs is 1. The number of nitrogens with one attached hydrogen (secondary N) is 2. The van der Waals surface area contributed by atoms with Crippen molar-refractivity contribution < 1.29 is 4.79 Å². The molecule has 2 aromatic carbocycles. The maximum absolute atomic E-state index is 12.0. The Labute approximate surface area is 198 Å². The maximum atomic E-state index is 12.0. The molecule has 1 fully saturated rings. The zero-order valence-electron chi connectivity index (χ0n) is 19.5. The van der Waals surface area contributed by atoms with Crippen LogP contribution in [-0.4, -0.2) is 30.2 Å². The van der Waals surface area contributed by atoms with Gasteiger partial charge in [0, 0.05) is 41.2 Å². The number of carbonyl (C=O) groups is 1. The fourth-order valence-electron chi connectivity index (χ4n) is 4.61. The van der Waals surface area contributed by atoms with E-state index in [1.165, 1.54) is 18.5 Å². The van der Waals surface area contributed by atoms with Crippen molar-refractivity contribution in [2.24, 2.45) is 0 Å². The molecule has 4 aromatic rings. The van der Waals surface area contributed by atoms with Gasteiger partial charge >= 0.3 is 0 Å². The summed E-state index contributed by atoms with van der Waals surface area (Å²) in [6, 6.07) is 12.1. The highest BCUT2D eigenvalue weighted by Crippen LogP contribution is 2.39. The monoisotopic (exact) mass is 453 g/mol. The molecule has 1 unspecified atom stereocenters. The minimum atomic E-state index is -0.0219. The van der Waals surface area contributed by atoms with Gasteiger partial charge in [-0.2, -0.15) is 4.98 Å². The second kappa shape index (κ2) is 7.83. The number of benzene rings is 2. The average molecular weight is 454 g/mol. The number of anilines is 2. The van der Waals surface area contributed by atoms with Gasteiger partial charge in [-0.25, -0.2) is 9.67 Å². The fraction of sp³-hybridized carbons (Fsp3) is 0.308. The normalized spacial score (nSPS) is 17.0. The van der Waals surface area contributed by atoms with Crippen molar-refractivity contribution in [1.82, 2.24) is 29.6 Å². The summed E-state index contributed by atoms with van der Waals surface area (Å²) >= 11 is 0. The van der Waals surface area contributed by atoms with E-state index in [9.17, 15) is 4.79 Å². The van der Waals surface area contributed by atoms with Gasteiger partial charge in [0.2, 0.25) is 5.95 Å². The van der Waals surface area contributed by atoms with Gasteiger partial charge in [-0.3, -0.25) is 4.79 Å². The SMILES string of the molecule is CCn1nc(-c2ccc(-n3cnc(C4CC4)c3)c(C)c2)nc1Nc1ccc2c(c1)C(C)NC2=O. The molecule has 2 aliphatic rings. The number of rotatable bonds is 6. The molecule has 1 aliphatic carbocycles. The van der Waals surface area contributed by atoms with Crippen LogP contribution in [0.1, 0.15) is 65.8 Å². The summed E-state index contributed by atoms with van der Waals surface area (Å²) in [5, 5.41) is 11.1. The molecule has 0 saturated heterocycles. The Morgan fingerprint density at radius 1 is 1.18 bits per heavy atom. The van der Waals surface area contributed by atoms with E-state index in [1.54, 1.807) is 0 Å². The van der Waals surface area contributed by atoms with Crippen LogP contribution in [0.25, 0.3) is 17.1 Å². The van der Waals surface area contributed by atoms with Crippen molar-refractivity contribution in [1.29, 1.82) is 0 Å². The predicted molar refractivity (Wildman–Crippen MR) is 131 cm³/mol. The first-order chi connectivity index (χ1) is 16.5. The first-order valence-electron chi connectivity index (χ1n) is 11.8. The third-order valence-electron chi connectivity index (χ3n) is 6.67. The summed E-state index contributed by atoms with van der Waals surface area (Å²) in [6.07, 6.45) is 6.54. The van der Waals surface area contributed by atoms with E-state index in [2.05, 4.69) is 51.5 Å². The van der Waals surface area contributed by atoms with Crippen molar-refractivity contribution in [3.63, 3.8) is 0 Å². The Hall–Kier alpha value is -3.94. The molecule has 1 saturated carbocycles. The highest BCUT2D eigenvalue weighted by atomic mass is 16.2. The van der Waals surface area contributed by atoms with Crippen LogP contribution >= 0.6 is 0 Å². The Morgan fingerprint density at radius 3 is 2.79 bits per heavy atom. The van der Waals surface area contributed by atoms with Gasteiger partial charge in [-0.05, 0) is 81.1 Å². The Kier molecular flexibility index (Phi) is 4.76. The number of hydrogen-bond acceptors (Lipinski definition) is 5. The van der Waals surface area contributed by atoms with Crippen LogP contribution in [0, 0.1) is 6.92 Å². The molecule has 0 bridgehead atoms. The summed E-state index contributed by atoms with van der Waals surface area (Å²) in [4.78, 5) is 21.4. The molecule has 1 aliphatic heterocycles. The van der Waals surface area contributed by atoms with E-state index in [1.807, 2.05) is 43.1 Å². The fourth-order valence-corrected chi connectivity index (χ4v) is 4.61. The minimum absolute atomic E-state index is 0.00111. The van der Waals surface area contributed by atoms with Crippen molar-refractivity contribution >= 4 is 17.5 Å². The molecule has 2 N–H and O–H groups in total. The number of aromatic nitrogens is 5. The van der Waals surface area contributed by atoms with Crippen LogP contribution in [-0.2, 0) is 6.54 Å². The average Bonchev–Trinajstić information content (AvgIpc) is 3.31. The molecule has 8 heteroatoms. The van der Waals surface area contributed by atoms with Gasteiger partial charge in [0.25, 0.3) is 5.91 Å². The lowest BCUT2D eigenvalue weighted by Gasteiger charge is -2.09. The van der Waals surface area contributed by atoms with E-state index in [0.717, 1.165) is 33.6 Å². The molecule has 6 rings (SSSR count). The third kappa shape index (κ3) is 3.55. The smallest absolute Gasteiger partial charge is 0.252 e. The second-order valence-electron chi connectivity index (χ2n) is 9.18. The lowest BCUT2D eigenvalue weighted by Crippen LogP contribution is -2.16. The highest BCUT2D eigenvalue weighted by Gasteiger charge is 2.26. The molecule has 1 amide bonds. The lowest BCUT2D eigenvalue weighted by atomic mass is 10.1. The van der Waals surface area contributed by atoms with Crippen LogP contribution in [0.4, 0.5) is 11.6 Å². The van der Waals surface area contributed by atoms with Crippen LogP contribution in [0.5, 0.6) is 0 Å². The zero-order chi connectivity index (χ0) is 23.4. The number of imidazole rings is 1.